The number of hydrogen-bond donors (Lipinski definition) is 1. The molecule has 1 aliphatic heterocycles. The number of aromatic nitrogens is 3. The maximum Gasteiger partial charge on any atom is 0.263 e. The summed E-state index contributed by atoms with van der Waals surface area (Å²) in [6.45, 7) is 4.31. The van der Waals surface area contributed by atoms with Crippen molar-refractivity contribution in [3.63, 3.8) is 0 Å². The normalized spacial score (nSPS) is 16.7. The van der Waals surface area contributed by atoms with Crippen molar-refractivity contribution in [3.8, 4) is 5.88 Å². The molecule has 4 rings (SSSR count). The SMILES string of the molecule is COc1nc2c(C)nnc(N[C@H](C)c3cccc(C(F)F)c3)c2cc1N1CCS(=O)(=O)CC1. The number of hydrogen-bond acceptors (Lipinski definition) is 8. The molecule has 1 aromatic carbocycles. The molecular formula is C22H25F2N5O3S. The Morgan fingerprint density at radius 1 is 1.12 bits per heavy atom. The van der Waals surface area contributed by atoms with Gasteiger partial charge in [0.1, 0.15) is 11.2 Å². The molecule has 33 heavy (non-hydrogen) atoms. The lowest BCUT2D eigenvalue weighted by Crippen LogP contribution is -2.40. The van der Waals surface area contributed by atoms with Crippen LogP contribution in [0, 0.1) is 6.92 Å². The van der Waals surface area contributed by atoms with Crippen molar-refractivity contribution in [1.29, 1.82) is 0 Å². The summed E-state index contributed by atoms with van der Waals surface area (Å²) in [6.07, 6.45) is -2.55. The fraction of sp³-hybridized carbons (Fsp3) is 0.409. The van der Waals surface area contributed by atoms with Crippen molar-refractivity contribution in [1.82, 2.24) is 15.2 Å². The largest absolute Gasteiger partial charge is 0.480 e. The Morgan fingerprint density at radius 2 is 1.82 bits per heavy atom. The Bertz CT molecular complexity index is 1270. The van der Waals surface area contributed by atoms with Gasteiger partial charge >= 0.3 is 0 Å². The lowest BCUT2D eigenvalue weighted by Gasteiger charge is -2.29. The third kappa shape index (κ3) is 4.82. The molecule has 3 aromatic rings. The number of pyridine rings is 1. The summed E-state index contributed by atoms with van der Waals surface area (Å²) in [6, 6.07) is 7.77. The van der Waals surface area contributed by atoms with E-state index in [2.05, 4.69) is 20.5 Å². The second kappa shape index (κ2) is 9.05. The Hall–Kier alpha value is -3.08. The van der Waals surface area contributed by atoms with Crippen LogP contribution < -0.4 is 15.0 Å². The highest BCUT2D eigenvalue weighted by Crippen LogP contribution is 2.35. The van der Waals surface area contributed by atoms with E-state index in [1.807, 2.05) is 17.9 Å². The van der Waals surface area contributed by atoms with Gasteiger partial charge in [-0.2, -0.15) is 5.10 Å². The number of alkyl halides is 2. The van der Waals surface area contributed by atoms with E-state index >= 15 is 0 Å². The maximum absolute atomic E-state index is 13.1. The lowest BCUT2D eigenvalue weighted by molar-refractivity contribution is 0.151. The molecule has 3 heterocycles. The van der Waals surface area contributed by atoms with E-state index in [-0.39, 0.29) is 23.1 Å². The van der Waals surface area contributed by atoms with Crippen molar-refractivity contribution >= 4 is 32.2 Å². The molecule has 0 saturated carbocycles. The van der Waals surface area contributed by atoms with E-state index < -0.39 is 16.3 Å². The van der Waals surface area contributed by atoms with Gasteiger partial charge in [-0.05, 0) is 31.5 Å². The van der Waals surface area contributed by atoms with Gasteiger partial charge in [0.05, 0.1) is 30.4 Å². The summed E-state index contributed by atoms with van der Waals surface area (Å²) < 4.78 is 55.5. The number of anilines is 2. The van der Waals surface area contributed by atoms with Crippen LogP contribution in [-0.2, 0) is 9.84 Å². The third-order valence-electron chi connectivity index (χ3n) is 5.76. The molecule has 0 aliphatic carbocycles. The standard InChI is InChI=1S/C22H25F2N5O3S/c1-13(15-5-4-6-16(11-15)20(23)24)25-21-17-12-18(29-7-9-33(30,31)10-8-29)22(32-3)26-19(17)14(2)27-28-21/h4-6,11-13,20H,7-10H2,1-3H3,(H,25,28)/t13-/m1/s1. The first kappa shape index (κ1) is 23.1. The third-order valence-corrected chi connectivity index (χ3v) is 7.37. The zero-order valence-electron chi connectivity index (χ0n) is 18.5. The van der Waals surface area contributed by atoms with E-state index in [0.717, 1.165) is 0 Å². The molecule has 0 unspecified atom stereocenters. The van der Waals surface area contributed by atoms with Crippen LogP contribution in [0.5, 0.6) is 5.88 Å². The zero-order valence-corrected chi connectivity index (χ0v) is 19.4. The summed E-state index contributed by atoms with van der Waals surface area (Å²) in [7, 11) is -1.53. The first-order valence-corrected chi connectivity index (χ1v) is 12.3. The molecule has 0 amide bonds. The topological polar surface area (TPSA) is 97.3 Å². The second-order valence-electron chi connectivity index (χ2n) is 8.02. The smallest absolute Gasteiger partial charge is 0.263 e. The van der Waals surface area contributed by atoms with Gasteiger partial charge in [-0.3, -0.25) is 0 Å². The van der Waals surface area contributed by atoms with Gasteiger partial charge in [0.25, 0.3) is 6.43 Å². The van der Waals surface area contributed by atoms with Crippen LogP contribution in [0.1, 0.15) is 36.2 Å². The number of sulfone groups is 1. The molecule has 1 aliphatic rings. The molecular weight excluding hydrogens is 452 g/mol. The monoisotopic (exact) mass is 477 g/mol. The molecule has 1 atom stereocenters. The summed E-state index contributed by atoms with van der Waals surface area (Å²) in [5.74, 6) is 0.947. The first-order valence-electron chi connectivity index (χ1n) is 10.5. The number of nitrogens with zero attached hydrogens (tertiary/aromatic N) is 4. The van der Waals surface area contributed by atoms with Gasteiger partial charge in [-0.1, -0.05) is 18.2 Å². The molecule has 0 bridgehead atoms. The lowest BCUT2D eigenvalue weighted by atomic mass is 10.0. The minimum atomic E-state index is -3.05. The van der Waals surface area contributed by atoms with E-state index in [9.17, 15) is 17.2 Å². The van der Waals surface area contributed by atoms with Crippen LogP contribution in [0.25, 0.3) is 10.9 Å². The van der Waals surface area contributed by atoms with E-state index in [1.165, 1.54) is 19.2 Å². The van der Waals surface area contributed by atoms with Gasteiger partial charge in [0, 0.05) is 24.0 Å². The number of rotatable bonds is 6. The molecule has 11 heteroatoms. The summed E-state index contributed by atoms with van der Waals surface area (Å²) in [4.78, 5) is 6.56. The van der Waals surface area contributed by atoms with Crippen molar-refractivity contribution < 1.29 is 21.9 Å². The van der Waals surface area contributed by atoms with Crippen LogP contribution in [-0.4, -0.2) is 55.3 Å². The molecule has 0 spiro atoms. The number of ether oxygens (including phenoxy) is 1. The van der Waals surface area contributed by atoms with Crippen LogP contribution in [0.3, 0.4) is 0 Å². The molecule has 1 fully saturated rings. The van der Waals surface area contributed by atoms with Gasteiger partial charge in [0.2, 0.25) is 5.88 Å². The van der Waals surface area contributed by atoms with E-state index in [1.54, 1.807) is 19.1 Å². The first-order chi connectivity index (χ1) is 15.7. The maximum atomic E-state index is 13.1. The number of fused-ring (bicyclic) bond motifs is 1. The number of benzene rings is 1. The van der Waals surface area contributed by atoms with Crippen molar-refractivity contribution in [2.24, 2.45) is 0 Å². The van der Waals surface area contributed by atoms with Crippen LogP contribution in [0.15, 0.2) is 30.3 Å². The Balaban J connectivity index is 1.73. The minimum Gasteiger partial charge on any atom is -0.480 e. The molecule has 1 N–H and O–H groups in total. The van der Waals surface area contributed by atoms with E-state index in [4.69, 9.17) is 4.74 Å². The highest BCUT2D eigenvalue weighted by molar-refractivity contribution is 7.91. The zero-order chi connectivity index (χ0) is 23.8. The molecule has 2 aromatic heterocycles. The number of aryl methyl sites for hydroxylation is 1. The Labute approximate surface area is 190 Å². The van der Waals surface area contributed by atoms with Crippen molar-refractivity contribution in [2.75, 3.05) is 41.9 Å². The van der Waals surface area contributed by atoms with Gasteiger partial charge in [-0.25, -0.2) is 22.2 Å². The number of methoxy groups -OCH3 is 1. The number of halogens is 2. The Kier molecular flexibility index (Phi) is 6.33. The van der Waals surface area contributed by atoms with Crippen LogP contribution in [0.4, 0.5) is 20.3 Å². The fourth-order valence-electron chi connectivity index (χ4n) is 3.86. The summed E-state index contributed by atoms with van der Waals surface area (Å²) >= 11 is 0. The fourth-order valence-corrected chi connectivity index (χ4v) is 5.06. The summed E-state index contributed by atoms with van der Waals surface area (Å²) in [5, 5.41) is 12.4. The molecule has 8 nitrogen and oxygen atoms in total. The quantitative estimate of drug-likeness (QED) is 0.574. The molecule has 1 saturated heterocycles. The van der Waals surface area contributed by atoms with Gasteiger partial charge < -0.3 is 15.0 Å². The second-order valence-corrected chi connectivity index (χ2v) is 10.3. The average molecular weight is 478 g/mol. The Morgan fingerprint density at radius 3 is 2.48 bits per heavy atom. The molecule has 176 valence electrons. The summed E-state index contributed by atoms with van der Waals surface area (Å²) in [5.41, 5.74) is 2.50. The van der Waals surface area contributed by atoms with Crippen LogP contribution >= 0.6 is 0 Å². The highest BCUT2D eigenvalue weighted by atomic mass is 32.2. The predicted octanol–water partition coefficient (Wildman–Crippen LogP) is 3.69. The average Bonchev–Trinajstić information content (AvgIpc) is 2.80. The van der Waals surface area contributed by atoms with Crippen LogP contribution in [0.2, 0.25) is 0 Å². The predicted molar refractivity (Wildman–Crippen MR) is 123 cm³/mol. The van der Waals surface area contributed by atoms with Gasteiger partial charge in [0.15, 0.2) is 15.7 Å². The van der Waals surface area contributed by atoms with Crippen molar-refractivity contribution in [2.45, 2.75) is 26.3 Å². The number of nitrogens with one attached hydrogen (secondary N) is 1. The van der Waals surface area contributed by atoms with Gasteiger partial charge in [-0.15, -0.1) is 5.10 Å². The minimum absolute atomic E-state index is 0.0465. The molecule has 0 radical (unpaired) electrons. The highest BCUT2D eigenvalue weighted by Gasteiger charge is 2.26. The van der Waals surface area contributed by atoms with E-state index in [0.29, 0.717) is 52.6 Å². The van der Waals surface area contributed by atoms with Crippen molar-refractivity contribution in [3.05, 3.63) is 47.2 Å².